The number of aldehydes is 1. The number of hydrazine groups is 1. The summed E-state index contributed by atoms with van der Waals surface area (Å²) in [5.41, 5.74) is 7.49. The zero-order valence-electron chi connectivity index (χ0n) is 15.4. The molecule has 1 amide bonds. The van der Waals surface area contributed by atoms with Crippen molar-refractivity contribution < 1.29 is 9.59 Å². The van der Waals surface area contributed by atoms with Crippen LogP contribution in [-0.2, 0) is 9.59 Å². The number of hydrogen-bond acceptors (Lipinski definition) is 6. The highest BCUT2D eigenvalue weighted by molar-refractivity contribution is 5.93. The molecular weight excluding hydrogens is 330 g/mol. The summed E-state index contributed by atoms with van der Waals surface area (Å²) in [6.07, 6.45) is 11.6. The van der Waals surface area contributed by atoms with Gasteiger partial charge >= 0.3 is 0 Å². The van der Waals surface area contributed by atoms with E-state index in [1.54, 1.807) is 23.3 Å². The van der Waals surface area contributed by atoms with Crippen molar-refractivity contribution in [2.24, 2.45) is 17.5 Å². The normalized spacial score (nSPS) is 23.6. The molecule has 2 aliphatic rings. The first-order chi connectivity index (χ1) is 12.5. The number of nitrogens with one attached hydrogen (secondary N) is 1. The fourth-order valence-electron chi connectivity index (χ4n) is 3.45. The second-order valence-corrected chi connectivity index (χ2v) is 7.12. The van der Waals surface area contributed by atoms with Crippen molar-refractivity contribution in [2.75, 3.05) is 19.6 Å². The third-order valence-corrected chi connectivity index (χ3v) is 4.98. The fraction of sp³-hybridized carbons (Fsp3) is 0.579. The monoisotopic (exact) mass is 361 g/mol. The summed E-state index contributed by atoms with van der Waals surface area (Å²) in [4.78, 5) is 23.9. The maximum Gasteiger partial charge on any atom is 0.251 e. The van der Waals surface area contributed by atoms with Gasteiger partial charge in [0.2, 0.25) is 0 Å². The summed E-state index contributed by atoms with van der Waals surface area (Å²) in [6, 6.07) is 0.440. The molecule has 0 radical (unpaired) electrons. The van der Waals surface area contributed by atoms with Gasteiger partial charge in [-0.05, 0) is 44.1 Å². The molecule has 0 spiro atoms. The van der Waals surface area contributed by atoms with Crippen molar-refractivity contribution in [1.82, 2.24) is 15.2 Å². The highest BCUT2D eigenvalue weighted by atomic mass is 16.2. The van der Waals surface area contributed by atoms with Gasteiger partial charge in [-0.2, -0.15) is 0 Å². The molecule has 7 heteroatoms. The quantitative estimate of drug-likeness (QED) is 0.232. The molecule has 2 rings (SSSR count). The summed E-state index contributed by atoms with van der Waals surface area (Å²) in [5.74, 6) is 6.41. The number of unbranched alkanes of at least 4 members (excludes halogenated alkanes) is 1. The number of allylic oxidation sites excluding steroid dienone is 1. The predicted molar refractivity (Wildman–Crippen MR) is 102 cm³/mol. The first-order valence-electron chi connectivity index (χ1n) is 9.32. The predicted octanol–water partition coefficient (Wildman–Crippen LogP) is 1.00. The van der Waals surface area contributed by atoms with Crippen LogP contribution in [-0.4, -0.2) is 47.8 Å². The number of nitrogens with zero attached hydrogens (tertiary/aromatic N) is 2. The first kappa shape index (κ1) is 20.2. The molecule has 0 aromatic carbocycles. The maximum absolute atomic E-state index is 11.8. The molecule has 144 valence electrons. The Kier molecular flexibility index (Phi) is 7.87. The lowest BCUT2D eigenvalue weighted by molar-refractivity contribution is -0.123. The third kappa shape index (κ3) is 6.31. The summed E-state index contributed by atoms with van der Waals surface area (Å²) >= 11 is 0. The summed E-state index contributed by atoms with van der Waals surface area (Å²) in [5, 5.41) is 5.02. The molecule has 1 fully saturated rings. The standard InChI is InChI=1S/C19H31N5O2/c1-15-4-9-19(26)24(15)13-16-5-7-18(8-6-16)22-12-17(20)14-23(21)10-2-3-11-25/h4,9,11,14,16,18,22H,1-3,5-8,10,12-13,20-21H2/b17-14-. The van der Waals surface area contributed by atoms with Crippen molar-refractivity contribution >= 4 is 12.2 Å². The lowest BCUT2D eigenvalue weighted by Crippen LogP contribution is -2.39. The highest BCUT2D eigenvalue weighted by Gasteiger charge is 2.26. The van der Waals surface area contributed by atoms with E-state index >= 15 is 0 Å². The van der Waals surface area contributed by atoms with Crippen LogP contribution in [0.5, 0.6) is 0 Å². The van der Waals surface area contributed by atoms with Crippen LogP contribution in [0.4, 0.5) is 0 Å². The topological polar surface area (TPSA) is 105 Å². The van der Waals surface area contributed by atoms with E-state index in [9.17, 15) is 9.59 Å². The van der Waals surface area contributed by atoms with Crippen molar-refractivity contribution in [2.45, 2.75) is 44.6 Å². The van der Waals surface area contributed by atoms with E-state index in [-0.39, 0.29) is 5.91 Å². The van der Waals surface area contributed by atoms with Crippen molar-refractivity contribution in [3.8, 4) is 0 Å². The molecule has 0 atom stereocenters. The molecule has 7 nitrogen and oxygen atoms in total. The number of carbonyl (C=O) groups excluding carboxylic acids is 2. The Bertz CT molecular complexity index is 546. The van der Waals surface area contributed by atoms with E-state index in [2.05, 4.69) is 11.9 Å². The molecule has 1 aliphatic carbocycles. The van der Waals surface area contributed by atoms with Crippen molar-refractivity contribution in [3.05, 3.63) is 36.3 Å². The van der Waals surface area contributed by atoms with E-state index in [0.717, 1.165) is 50.6 Å². The number of nitrogens with two attached hydrogens (primary N) is 2. The van der Waals surface area contributed by atoms with Crippen LogP contribution in [0.1, 0.15) is 38.5 Å². The summed E-state index contributed by atoms with van der Waals surface area (Å²) in [7, 11) is 0. The van der Waals surface area contributed by atoms with Gasteiger partial charge in [0, 0.05) is 55.8 Å². The lowest BCUT2D eigenvalue weighted by Gasteiger charge is -2.32. The number of hydrogen-bond donors (Lipinski definition) is 3. The molecule has 0 saturated heterocycles. The molecule has 0 unspecified atom stereocenters. The Labute approximate surface area is 155 Å². The van der Waals surface area contributed by atoms with Crippen LogP contribution >= 0.6 is 0 Å². The Morgan fingerprint density at radius 3 is 2.69 bits per heavy atom. The third-order valence-electron chi connectivity index (χ3n) is 4.98. The van der Waals surface area contributed by atoms with Gasteiger partial charge in [0.05, 0.1) is 0 Å². The molecule has 0 aromatic heterocycles. The molecule has 5 N–H and O–H groups in total. The van der Waals surface area contributed by atoms with E-state index in [1.165, 1.54) is 5.01 Å². The average molecular weight is 361 g/mol. The second kappa shape index (κ2) is 10.1. The van der Waals surface area contributed by atoms with Crippen molar-refractivity contribution in [1.29, 1.82) is 0 Å². The van der Waals surface area contributed by atoms with Crippen LogP contribution in [0.3, 0.4) is 0 Å². The maximum atomic E-state index is 11.8. The number of rotatable bonds is 10. The van der Waals surface area contributed by atoms with E-state index in [0.29, 0.717) is 37.2 Å². The zero-order valence-corrected chi connectivity index (χ0v) is 15.4. The van der Waals surface area contributed by atoms with Crippen LogP contribution in [0.2, 0.25) is 0 Å². The van der Waals surface area contributed by atoms with Crippen LogP contribution in [0.15, 0.2) is 36.3 Å². The van der Waals surface area contributed by atoms with E-state index in [1.807, 2.05) is 0 Å². The first-order valence-corrected chi connectivity index (χ1v) is 9.32. The number of carbonyl (C=O) groups is 2. The molecular formula is C19H31N5O2. The van der Waals surface area contributed by atoms with Gasteiger partial charge in [0.15, 0.2) is 0 Å². The largest absolute Gasteiger partial charge is 0.400 e. The van der Waals surface area contributed by atoms with Gasteiger partial charge in [-0.15, -0.1) is 0 Å². The smallest absolute Gasteiger partial charge is 0.251 e. The average Bonchev–Trinajstić information content (AvgIpc) is 2.93. The minimum atomic E-state index is 0.0487. The molecule has 0 aromatic rings. The Hall–Kier alpha value is -2.12. The highest BCUT2D eigenvalue weighted by Crippen LogP contribution is 2.27. The molecule has 0 bridgehead atoms. The van der Waals surface area contributed by atoms with Crippen LogP contribution in [0.25, 0.3) is 0 Å². The lowest BCUT2D eigenvalue weighted by atomic mass is 9.85. The van der Waals surface area contributed by atoms with Gasteiger partial charge in [0.25, 0.3) is 5.91 Å². The minimum Gasteiger partial charge on any atom is -0.400 e. The molecule has 1 heterocycles. The molecule has 1 aliphatic heterocycles. The minimum absolute atomic E-state index is 0.0487. The number of amides is 1. The SMILES string of the molecule is C=C1C=CC(=O)N1CC1CCC(NC/C(N)=C/N(N)CCCC=O)CC1. The fourth-order valence-corrected chi connectivity index (χ4v) is 3.45. The van der Waals surface area contributed by atoms with Gasteiger partial charge in [-0.3, -0.25) is 4.79 Å². The Morgan fingerprint density at radius 1 is 1.35 bits per heavy atom. The van der Waals surface area contributed by atoms with Gasteiger partial charge < -0.3 is 25.8 Å². The van der Waals surface area contributed by atoms with E-state index in [4.69, 9.17) is 11.6 Å². The molecule has 26 heavy (non-hydrogen) atoms. The Morgan fingerprint density at radius 2 is 2.08 bits per heavy atom. The summed E-state index contributed by atoms with van der Waals surface area (Å²) < 4.78 is 0. The van der Waals surface area contributed by atoms with Gasteiger partial charge in [-0.25, -0.2) is 5.84 Å². The van der Waals surface area contributed by atoms with E-state index < -0.39 is 0 Å². The Balaban J connectivity index is 1.64. The van der Waals surface area contributed by atoms with Crippen LogP contribution in [0, 0.1) is 5.92 Å². The van der Waals surface area contributed by atoms with Gasteiger partial charge in [-0.1, -0.05) is 6.58 Å². The van der Waals surface area contributed by atoms with Gasteiger partial charge in [0.1, 0.15) is 6.29 Å². The summed E-state index contributed by atoms with van der Waals surface area (Å²) in [6.45, 7) is 5.89. The molecule has 1 saturated carbocycles. The zero-order chi connectivity index (χ0) is 18.9. The second-order valence-electron chi connectivity index (χ2n) is 7.12. The van der Waals surface area contributed by atoms with Crippen molar-refractivity contribution in [3.63, 3.8) is 0 Å². The van der Waals surface area contributed by atoms with Crippen LogP contribution < -0.4 is 16.9 Å².